The third kappa shape index (κ3) is 3.17. The van der Waals surface area contributed by atoms with Gasteiger partial charge in [-0.05, 0) is 11.1 Å². The molecule has 21 heavy (non-hydrogen) atoms. The van der Waals surface area contributed by atoms with Gasteiger partial charge >= 0.3 is 0 Å². The van der Waals surface area contributed by atoms with Crippen LogP contribution in [0.2, 0.25) is 0 Å². The normalized spacial score (nSPS) is 13.8. The zero-order valence-corrected chi connectivity index (χ0v) is 11.6. The van der Waals surface area contributed by atoms with Gasteiger partial charge in [0.15, 0.2) is 0 Å². The first-order valence-corrected chi connectivity index (χ1v) is 6.96. The van der Waals surface area contributed by atoms with Crippen molar-refractivity contribution in [1.82, 2.24) is 15.0 Å². The number of aliphatic hydroxyl groups excluding tert-OH is 1. The van der Waals surface area contributed by atoms with E-state index in [4.69, 9.17) is 0 Å². The Morgan fingerprint density at radius 3 is 2.10 bits per heavy atom. The Bertz CT molecular complexity index is 653. The van der Waals surface area contributed by atoms with Crippen molar-refractivity contribution in [2.75, 3.05) is 0 Å². The number of rotatable bonds is 5. The topological polar surface area (TPSA) is 50.9 Å². The van der Waals surface area contributed by atoms with Crippen LogP contribution in [0.25, 0.3) is 0 Å². The maximum Gasteiger partial charge on any atom is 0.0876 e. The summed E-state index contributed by atoms with van der Waals surface area (Å²) in [4.78, 5) is 0. The summed E-state index contributed by atoms with van der Waals surface area (Å²) >= 11 is 0. The Hall–Kier alpha value is -2.46. The Labute approximate surface area is 123 Å². The molecule has 3 aromatic rings. The number of aliphatic hydroxyl groups is 1. The fourth-order valence-corrected chi connectivity index (χ4v) is 2.50. The van der Waals surface area contributed by atoms with Gasteiger partial charge in [0.05, 0.1) is 18.8 Å². The summed E-state index contributed by atoms with van der Waals surface area (Å²) in [6, 6.07) is 19.7. The highest BCUT2D eigenvalue weighted by molar-refractivity contribution is 5.26. The van der Waals surface area contributed by atoms with Crippen LogP contribution in [0, 0.1) is 0 Å². The number of benzene rings is 2. The minimum absolute atomic E-state index is 0.0738. The molecular formula is C17H17N3O. The number of hydrogen-bond acceptors (Lipinski definition) is 3. The molecule has 4 heteroatoms. The summed E-state index contributed by atoms with van der Waals surface area (Å²) in [6.45, 7) is 0.583. The van der Waals surface area contributed by atoms with Gasteiger partial charge in [-0.15, -0.1) is 5.10 Å². The molecule has 1 aromatic heterocycles. The predicted molar refractivity (Wildman–Crippen MR) is 80.6 cm³/mol. The van der Waals surface area contributed by atoms with Crippen LogP contribution in [0.3, 0.4) is 0 Å². The molecule has 0 amide bonds. The van der Waals surface area contributed by atoms with Crippen LogP contribution in [-0.4, -0.2) is 20.1 Å². The molecule has 0 unspecified atom stereocenters. The van der Waals surface area contributed by atoms with Crippen LogP contribution in [0.15, 0.2) is 73.1 Å². The van der Waals surface area contributed by atoms with E-state index in [0.717, 1.165) is 11.1 Å². The van der Waals surface area contributed by atoms with Crippen molar-refractivity contribution in [2.45, 2.75) is 18.6 Å². The fourth-order valence-electron chi connectivity index (χ4n) is 2.50. The van der Waals surface area contributed by atoms with Crippen LogP contribution in [0.1, 0.15) is 23.1 Å². The standard InChI is InChI=1S/C17H17N3O/c21-17(15-9-5-2-6-10-15)16(13-20-12-11-18-19-20)14-7-3-1-4-8-14/h1-12,16-17,21H,13H2/t16-,17+/m0/s1. The maximum atomic E-state index is 10.8. The summed E-state index contributed by atoms with van der Waals surface area (Å²) in [6.07, 6.45) is 2.88. The van der Waals surface area contributed by atoms with Crippen molar-refractivity contribution in [1.29, 1.82) is 0 Å². The van der Waals surface area contributed by atoms with Crippen molar-refractivity contribution in [3.05, 3.63) is 84.2 Å². The van der Waals surface area contributed by atoms with E-state index in [1.807, 2.05) is 66.9 Å². The number of aromatic nitrogens is 3. The Balaban J connectivity index is 1.92. The molecule has 4 nitrogen and oxygen atoms in total. The highest BCUT2D eigenvalue weighted by atomic mass is 16.3. The van der Waals surface area contributed by atoms with Gasteiger partial charge in [0.2, 0.25) is 0 Å². The predicted octanol–water partition coefficient (Wildman–Crippen LogP) is 2.80. The molecule has 2 atom stereocenters. The molecule has 1 N–H and O–H groups in total. The first-order chi connectivity index (χ1) is 10.3. The second-order valence-corrected chi connectivity index (χ2v) is 5.00. The molecule has 0 fully saturated rings. The summed E-state index contributed by atoms with van der Waals surface area (Å²) < 4.78 is 1.75. The van der Waals surface area contributed by atoms with Gasteiger partial charge in [-0.3, -0.25) is 4.68 Å². The third-order valence-corrected chi connectivity index (χ3v) is 3.61. The van der Waals surface area contributed by atoms with Crippen LogP contribution in [0.5, 0.6) is 0 Å². The van der Waals surface area contributed by atoms with E-state index in [2.05, 4.69) is 10.3 Å². The average molecular weight is 279 g/mol. The fraction of sp³-hybridized carbons (Fsp3) is 0.176. The molecule has 0 aliphatic heterocycles. The molecule has 0 saturated heterocycles. The van der Waals surface area contributed by atoms with Crippen LogP contribution >= 0.6 is 0 Å². The smallest absolute Gasteiger partial charge is 0.0876 e. The lowest BCUT2D eigenvalue weighted by Crippen LogP contribution is -2.17. The summed E-state index contributed by atoms with van der Waals surface area (Å²) in [5.74, 6) is -0.0738. The Morgan fingerprint density at radius 2 is 1.52 bits per heavy atom. The molecule has 0 radical (unpaired) electrons. The Kier molecular flexibility index (Phi) is 4.07. The second-order valence-electron chi connectivity index (χ2n) is 5.00. The second kappa shape index (κ2) is 6.33. The SMILES string of the molecule is O[C@H](c1ccccc1)[C@@H](Cn1ccnn1)c1ccccc1. The van der Waals surface area contributed by atoms with Crippen molar-refractivity contribution < 1.29 is 5.11 Å². The molecule has 2 aromatic carbocycles. The van der Waals surface area contributed by atoms with Crippen molar-refractivity contribution in [3.8, 4) is 0 Å². The quantitative estimate of drug-likeness (QED) is 0.781. The highest BCUT2D eigenvalue weighted by Gasteiger charge is 2.23. The van der Waals surface area contributed by atoms with Crippen molar-refractivity contribution >= 4 is 0 Å². The molecule has 106 valence electrons. The summed E-state index contributed by atoms with van der Waals surface area (Å²) in [7, 11) is 0. The molecule has 0 spiro atoms. The van der Waals surface area contributed by atoms with Crippen molar-refractivity contribution in [3.63, 3.8) is 0 Å². The first-order valence-electron chi connectivity index (χ1n) is 6.96. The van der Waals surface area contributed by atoms with Gasteiger partial charge in [0, 0.05) is 12.1 Å². The van der Waals surface area contributed by atoms with E-state index in [-0.39, 0.29) is 5.92 Å². The van der Waals surface area contributed by atoms with Gasteiger partial charge in [-0.1, -0.05) is 65.9 Å². The van der Waals surface area contributed by atoms with Gasteiger partial charge in [0.1, 0.15) is 0 Å². The van der Waals surface area contributed by atoms with Crippen LogP contribution in [0.4, 0.5) is 0 Å². The van der Waals surface area contributed by atoms with E-state index in [0.29, 0.717) is 6.54 Å². The molecule has 0 bridgehead atoms. The van der Waals surface area contributed by atoms with Gasteiger partial charge in [0.25, 0.3) is 0 Å². The van der Waals surface area contributed by atoms with Gasteiger partial charge < -0.3 is 5.11 Å². The average Bonchev–Trinajstić information content (AvgIpc) is 3.07. The summed E-state index contributed by atoms with van der Waals surface area (Å²) in [5.41, 5.74) is 2.00. The lowest BCUT2D eigenvalue weighted by Gasteiger charge is -2.23. The van der Waals surface area contributed by atoms with Gasteiger partial charge in [-0.2, -0.15) is 0 Å². The third-order valence-electron chi connectivity index (χ3n) is 3.61. The minimum atomic E-state index is -0.585. The van der Waals surface area contributed by atoms with E-state index in [1.165, 1.54) is 0 Å². The Morgan fingerprint density at radius 1 is 0.905 bits per heavy atom. The molecule has 1 heterocycles. The molecule has 0 aliphatic carbocycles. The number of hydrogen-bond donors (Lipinski definition) is 1. The van der Waals surface area contributed by atoms with E-state index in [9.17, 15) is 5.11 Å². The first kappa shape index (κ1) is 13.5. The lowest BCUT2D eigenvalue weighted by atomic mass is 9.89. The van der Waals surface area contributed by atoms with Crippen LogP contribution in [-0.2, 0) is 6.54 Å². The minimum Gasteiger partial charge on any atom is -0.388 e. The van der Waals surface area contributed by atoms with E-state index in [1.54, 1.807) is 10.9 Å². The summed E-state index contributed by atoms with van der Waals surface area (Å²) in [5, 5.41) is 18.6. The molecule has 3 rings (SSSR count). The monoisotopic (exact) mass is 279 g/mol. The van der Waals surface area contributed by atoms with Gasteiger partial charge in [-0.25, -0.2) is 0 Å². The molecular weight excluding hydrogens is 262 g/mol. The largest absolute Gasteiger partial charge is 0.388 e. The molecule has 0 saturated carbocycles. The van der Waals surface area contributed by atoms with Crippen LogP contribution < -0.4 is 0 Å². The highest BCUT2D eigenvalue weighted by Crippen LogP contribution is 2.32. The van der Waals surface area contributed by atoms with Crippen molar-refractivity contribution in [2.24, 2.45) is 0 Å². The zero-order valence-electron chi connectivity index (χ0n) is 11.6. The maximum absolute atomic E-state index is 10.8. The lowest BCUT2D eigenvalue weighted by molar-refractivity contribution is 0.133. The van der Waals surface area contributed by atoms with E-state index >= 15 is 0 Å². The zero-order chi connectivity index (χ0) is 14.5. The molecule has 0 aliphatic rings. The van der Waals surface area contributed by atoms with E-state index < -0.39 is 6.10 Å². The number of nitrogens with zero attached hydrogens (tertiary/aromatic N) is 3.